The Balaban J connectivity index is 1.98. The molecule has 0 aliphatic carbocycles. The van der Waals surface area contributed by atoms with Crippen LogP contribution in [0.1, 0.15) is 30.1 Å². The maximum atomic E-state index is 12.4. The van der Waals surface area contributed by atoms with Gasteiger partial charge in [0.05, 0.1) is 11.2 Å². The Morgan fingerprint density at radius 3 is 2.76 bits per heavy atom. The van der Waals surface area contributed by atoms with Gasteiger partial charge in [0, 0.05) is 52.4 Å². The summed E-state index contributed by atoms with van der Waals surface area (Å²) in [5.74, 6) is 0.616. The van der Waals surface area contributed by atoms with Crippen LogP contribution in [0.3, 0.4) is 0 Å². The number of pyridine rings is 1. The Hall–Kier alpha value is -1.66. The molecule has 0 aromatic carbocycles. The molecular weight excluding hydrogens is 270 g/mol. The van der Waals surface area contributed by atoms with E-state index in [0.717, 1.165) is 12.4 Å². The number of rotatable bonds is 5. The predicted octanol–water partition coefficient (Wildman–Crippen LogP) is 1.13. The Morgan fingerprint density at radius 2 is 2.19 bits per heavy atom. The first-order valence-electron chi connectivity index (χ1n) is 7.29. The summed E-state index contributed by atoms with van der Waals surface area (Å²) in [6.07, 6.45) is 2.68. The third-order valence-corrected chi connectivity index (χ3v) is 3.67. The highest BCUT2D eigenvalue weighted by molar-refractivity contribution is 5.94. The van der Waals surface area contributed by atoms with Crippen molar-refractivity contribution in [1.82, 2.24) is 9.88 Å². The van der Waals surface area contributed by atoms with Crippen LogP contribution in [0.5, 0.6) is 0 Å². The van der Waals surface area contributed by atoms with Crippen molar-refractivity contribution in [3.63, 3.8) is 0 Å². The maximum Gasteiger partial charge on any atom is 0.255 e. The van der Waals surface area contributed by atoms with Crippen LogP contribution in [0.25, 0.3) is 0 Å². The number of nitrogens with zero attached hydrogens (tertiary/aromatic N) is 2. The van der Waals surface area contributed by atoms with E-state index in [0.29, 0.717) is 38.2 Å². The van der Waals surface area contributed by atoms with Crippen LogP contribution in [0.4, 0.5) is 5.82 Å². The lowest BCUT2D eigenvalue weighted by atomic mass is 9.94. The highest BCUT2D eigenvalue weighted by Crippen LogP contribution is 2.22. The molecule has 1 saturated heterocycles. The van der Waals surface area contributed by atoms with Crippen LogP contribution >= 0.6 is 0 Å². The highest BCUT2D eigenvalue weighted by atomic mass is 16.5. The van der Waals surface area contributed by atoms with Gasteiger partial charge < -0.3 is 20.1 Å². The van der Waals surface area contributed by atoms with Gasteiger partial charge in [-0.2, -0.15) is 0 Å². The van der Waals surface area contributed by atoms with Crippen molar-refractivity contribution in [2.75, 3.05) is 38.7 Å². The predicted molar refractivity (Wildman–Crippen MR) is 80.4 cm³/mol. The fourth-order valence-electron chi connectivity index (χ4n) is 2.45. The summed E-state index contributed by atoms with van der Waals surface area (Å²) in [4.78, 5) is 18.1. The molecule has 0 saturated carbocycles. The number of hydrogen-bond acceptors (Lipinski definition) is 5. The number of carbonyl (C=O) groups is 1. The number of aromatic nitrogens is 1. The monoisotopic (exact) mass is 293 g/mol. The van der Waals surface area contributed by atoms with Gasteiger partial charge >= 0.3 is 0 Å². The molecule has 1 aliphatic heterocycles. The lowest BCUT2D eigenvalue weighted by molar-refractivity contribution is -0.0734. The molecule has 1 aromatic heterocycles. The highest BCUT2D eigenvalue weighted by Gasteiger charge is 2.32. The molecule has 6 heteroatoms. The third-order valence-electron chi connectivity index (χ3n) is 3.67. The van der Waals surface area contributed by atoms with Gasteiger partial charge in [-0.15, -0.1) is 0 Å². The molecule has 0 unspecified atom stereocenters. The zero-order chi connectivity index (χ0) is 15.3. The minimum atomic E-state index is -0.847. The molecule has 1 fully saturated rings. The van der Waals surface area contributed by atoms with E-state index < -0.39 is 5.60 Å². The topological polar surface area (TPSA) is 74.7 Å². The van der Waals surface area contributed by atoms with E-state index in [2.05, 4.69) is 10.3 Å². The molecule has 6 nitrogen and oxygen atoms in total. The number of hydrogen-bond donors (Lipinski definition) is 2. The van der Waals surface area contributed by atoms with Gasteiger partial charge in [0.25, 0.3) is 5.91 Å². The molecule has 2 N–H and O–H groups in total. The van der Waals surface area contributed by atoms with Gasteiger partial charge in [-0.1, -0.05) is 0 Å². The third kappa shape index (κ3) is 4.15. The van der Waals surface area contributed by atoms with Gasteiger partial charge in [0.15, 0.2) is 0 Å². The van der Waals surface area contributed by atoms with E-state index in [4.69, 9.17) is 4.74 Å². The second-order valence-corrected chi connectivity index (χ2v) is 5.46. The Labute approximate surface area is 125 Å². The number of nitrogens with one attached hydrogen (secondary N) is 1. The van der Waals surface area contributed by atoms with Crippen molar-refractivity contribution in [2.45, 2.75) is 25.4 Å². The Bertz CT molecular complexity index is 470. The molecule has 2 heterocycles. The maximum absolute atomic E-state index is 12.4. The summed E-state index contributed by atoms with van der Waals surface area (Å²) >= 11 is 0. The smallest absolute Gasteiger partial charge is 0.255 e. The molecule has 0 radical (unpaired) electrons. The normalized spacial score (nSPS) is 17.3. The van der Waals surface area contributed by atoms with Crippen LogP contribution in [-0.2, 0) is 4.74 Å². The molecule has 21 heavy (non-hydrogen) atoms. The first-order valence-corrected chi connectivity index (χ1v) is 7.29. The fraction of sp³-hybridized carbons (Fsp3) is 0.600. The molecule has 1 amide bonds. The van der Waals surface area contributed by atoms with Gasteiger partial charge in [-0.25, -0.2) is 4.98 Å². The van der Waals surface area contributed by atoms with Crippen LogP contribution in [0.15, 0.2) is 18.3 Å². The Morgan fingerprint density at radius 1 is 1.48 bits per heavy atom. The first kappa shape index (κ1) is 15.7. The van der Waals surface area contributed by atoms with Crippen LogP contribution in [0, 0.1) is 0 Å². The van der Waals surface area contributed by atoms with Crippen molar-refractivity contribution in [3.8, 4) is 0 Å². The summed E-state index contributed by atoms with van der Waals surface area (Å²) in [7, 11) is 1.70. The molecule has 0 atom stereocenters. The number of amides is 1. The second kappa shape index (κ2) is 6.87. The van der Waals surface area contributed by atoms with Crippen LogP contribution in [0.2, 0.25) is 0 Å². The SMILES string of the molecule is CCNc1ccc(C(=O)N(C)CC2(O)CCOCC2)cn1. The number of carbonyl (C=O) groups excluding carboxylic acids is 1. The van der Waals surface area contributed by atoms with Crippen molar-refractivity contribution in [2.24, 2.45) is 0 Å². The molecule has 116 valence electrons. The van der Waals surface area contributed by atoms with E-state index in [9.17, 15) is 9.90 Å². The minimum Gasteiger partial charge on any atom is -0.388 e. The summed E-state index contributed by atoms with van der Waals surface area (Å²) < 4.78 is 5.25. The van der Waals surface area contributed by atoms with Crippen molar-refractivity contribution < 1.29 is 14.6 Å². The molecule has 1 aromatic rings. The Kier molecular flexibility index (Phi) is 5.14. The summed E-state index contributed by atoms with van der Waals surface area (Å²) in [5.41, 5.74) is -0.324. The summed E-state index contributed by atoms with van der Waals surface area (Å²) in [6.45, 7) is 4.16. The van der Waals surface area contributed by atoms with Crippen molar-refractivity contribution in [3.05, 3.63) is 23.9 Å². The van der Waals surface area contributed by atoms with E-state index in [1.165, 1.54) is 0 Å². The lowest BCUT2D eigenvalue weighted by Gasteiger charge is -2.35. The van der Waals surface area contributed by atoms with E-state index in [-0.39, 0.29) is 5.91 Å². The van der Waals surface area contributed by atoms with Gasteiger partial charge in [-0.3, -0.25) is 4.79 Å². The lowest BCUT2D eigenvalue weighted by Crippen LogP contribution is -2.47. The van der Waals surface area contributed by atoms with Crippen LogP contribution < -0.4 is 5.32 Å². The van der Waals surface area contributed by atoms with Crippen molar-refractivity contribution in [1.29, 1.82) is 0 Å². The summed E-state index contributed by atoms with van der Waals surface area (Å²) in [6, 6.07) is 3.53. The first-order chi connectivity index (χ1) is 10.0. The average molecular weight is 293 g/mol. The van der Waals surface area contributed by atoms with Crippen LogP contribution in [-0.4, -0.2) is 59.8 Å². The fourth-order valence-corrected chi connectivity index (χ4v) is 2.45. The largest absolute Gasteiger partial charge is 0.388 e. The molecule has 0 bridgehead atoms. The van der Waals surface area contributed by atoms with E-state index in [1.807, 2.05) is 6.92 Å². The van der Waals surface area contributed by atoms with Gasteiger partial charge in [0.2, 0.25) is 0 Å². The van der Waals surface area contributed by atoms with Gasteiger partial charge in [0.1, 0.15) is 5.82 Å². The van der Waals surface area contributed by atoms with E-state index in [1.54, 1.807) is 30.3 Å². The zero-order valence-electron chi connectivity index (χ0n) is 12.6. The van der Waals surface area contributed by atoms with Crippen molar-refractivity contribution >= 4 is 11.7 Å². The number of anilines is 1. The molecule has 0 spiro atoms. The standard InChI is InChI=1S/C15H23N3O3/c1-3-16-13-5-4-12(10-17-13)14(19)18(2)11-15(20)6-8-21-9-7-15/h4-5,10,20H,3,6-9,11H2,1-2H3,(H,16,17). The number of likely N-dealkylation sites (N-methyl/N-ethyl adjacent to an activating group) is 1. The van der Waals surface area contributed by atoms with E-state index >= 15 is 0 Å². The summed E-state index contributed by atoms with van der Waals surface area (Å²) in [5, 5.41) is 13.5. The number of ether oxygens (including phenoxy) is 1. The molecular formula is C15H23N3O3. The quantitative estimate of drug-likeness (QED) is 0.851. The minimum absolute atomic E-state index is 0.134. The molecule has 1 aliphatic rings. The second-order valence-electron chi connectivity index (χ2n) is 5.46. The average Bonchev–Trinajstić information content (AvgIpc) is 2.48. The van der Waals surface area contributed by atoms with Gasteiger partial charge in [-0.05, 0) is 19.1 Å². The number of aliphatic hydroxyl groups is 1. The zero-order valence-corrected chi connectivity index (χ0v) is 12.6. The molecule has 2 rings (SSSR count).